The summed E-state index contributed by atoms with van der Waals surface area (Å²) < 4.78 is 8.21. The highest BCUT2D eigenvalue weighted by Gasteiger charge is 2.04. The number of hydrogen-bond donors (Lipinski definition) is 1. The van der Waals surface area contributed by atoms with Crippen molar-refractivity contribution < 1.29 is 0 Å². The molecule has 0 spiro atoms. The fraction of sp³-hybridized carbons (Fsp3) is 0.100. The molecule has 2 rings (SSSR count). The lowest BCUT2D eigenvalue weighted by Gasteiger charge is -2.03. The molecule has 1 N–H and O–H groups in total. The van der Waals surface area contributed by atoms with Crippen LogP contribution < -0.4 is 5.43 Å². The molecule has 0 unspecified atom stereocenters. The lowest BCUT2D eigenvalue weighted by Crippen LogP contribution is -1.97. The van der Waals surface area contributed by atoms with E-state index in [1.54, 1.807) is 18.2 Å². The van der Waals surface area contributed by atoms with Gasteiger partial charge in [0.1, 0.15) is 23.2 Å². The second kappa shape index (κ2) is 4.56. The maximum Gasteiger partial charge on any atom is 0.237 e. The summed E-state index contributed by atoms with van der Waals surface area (Å²) in [6.07, 6.45) is 0. The average Bonchev–Trinajstić information content (AvgIpc) is 2.77. The van der Waals surface area contributed by atoms with E-state index in [0.29, 0.717) is 5.69 Å². The molecule has 0 fully saturated rings. The number of anilines is 1. The van der Waals surface area contributed by atoms with Gasteiger partial charge in [0.05, 0.1) is 17.4 Å². The Hall–Kier alpha value is -2.51. The Morgan fingerprint density at radius 3 is 2.59 bits per heavy atom. The van der Waals surface area contributed by atoms with E-state index in [9.17, 15) is 0 Å². The molecular weight excluding hydrogens is 236 g/mol. The molecule has 17 heavy (non-hydrogen) atoms. The minimum absolute atomic E-state index is 0.221. The lowest BCUT2D eigenvalue weighted by atomic mass is 10.2. The predicted octanol–water partition coefficient (Wildman–Crippen LogP) is 1.81. The Morgan fingerprint density at radius 1 is 1.29 bits per heavy atom. The molecule has 7 heteroatoms. The monoisotopic (exact) mass is 242 g/mol. The van der Waals surface area contributed by atoms with E-state index in [4.69, 9.17) is 10.5 Å². The van der Waals surface area contributed by atoms with E-state index in [1.807, 2.05) is 13.0 Å². The highest BCUT2D eigenvalue weighted by Crippen LogP contribution is 2.21. The number of hydrogen-bond acceptors (Lipinski definition) is 7. The molecule has 1 aromatic carbocycles. The van der Waals surface area contributed by atoms with Gasteiger partial charge in [-0.2, -0.15) is 24.4 Å². The van der Waals surface area contributed by atoms with Crippen molar-refractivity contribution in [2.45, 2.75) is 6.92 Å². The zero-order chi connectivity index (χ0) is 12.3. The van der Waals surface area contributed by atoms with Crippen LogP contribution in [0.3, 0.4) is 0 Å². The molecule has 1 aromatic heterocycles. The highest BCUT2D eigenvalue weighted by molar-refractivity contribution is 7.00. The number of aromatic nitrogens is 2. The van der Waals surface area contributed by atoms with Crippen LogP contribution in [0.15, 0.2) is 17.2 Å². The average molecular weight is 242 g/mol. The van der Waals surface area contributed by atoms with Crippen LogP contribution in [0.2, 0.25) is 0 Å². The minimum Gasteiger partial charge on any atom is -0.276 e. The van der Waals surface area contributed by atoms with E-state index >= 15 is 0 Å². The third-order valence-electron chi connectivity index (χ3n) is 2.10. The number of benzene rings is 1. The van der Waals surface area contributed by atoms with Gasteiger partial charge in [-0.05, 0) is 24.6 Å². The molecule has 1 heterocycles. The third kappa shape index (κ3) is 2.19. The van der Waals surface area contributed by atoms with Crippen LogP contribution in [0.25, 0.3) is 11.0 Å². The van der Waals surface area contributed by atoms with Crippen LogP contribution in [0.4, 0.5) is 5.69 Å². The number of nitriles is 2. The van der Waals surface area contributed by atoms with Gasteiger partial charge in [-0.1, -0.05) is 0 Å². The first kappa shape index (κ1) is 11.0. The molecule has 0 saturated heterocycles. The summed E-state index contributed by atoms with van der Waals surface area (Å²) in [5.74, 6) is 0. The zero-order valence-electron chi connectivity index (χ0n) is 8.80. The molecule has 0 saturated carbocycles. The van der Waals surface area contributed by atoms with Crippen molar-refractivity contribution in [3.05, 3.63) is 17.7 Å². The van der Waals surface area contributed by atoms with Crippen molar-refractivity contribution in [1.29, 1.82) is 10.5 Å². The maximum absolute atomic E-state index is 8.55. The highest BCUT2D eigenvalue weighted by atomic mass is 32.1. The predicted molar refractivity (Wildman–Crippen MR) is 64.4 cm³/mol. The summed E-state index contributed by atoms with van der Waals surface area (Å²) in [6.45, 7) is 1.88. The number of nitrogens with one attached hydrogen (secondary N) is 1. The van der Waals surface area contributed by atoms with Gasteiger partial charge in [0.2, 0.25) is 5.71 Å². The van der Waals surface area contributed by atoms with Crippen LogP contribution in [-0.4, -0.2) is 14.5 Å². The van der Waals surface area contributed by atoms with Gasteiger partial charge < -0.3 is 0 Å². The summed E-state index contributed by atoms with van der Waals surface area (Å²) in [7, 11) is 0. The van der Waals surface area contributed by atoms with Gasteiger partial charge >= 0.3 is 0 Å². The minimum atomic E-state index is -0.221. The fourth-order valence-electron chi connectivity index (χ4n) is 1.25. The van der Waals surface area contributed by atoms with Crippen LogP contribution in [0, 0.1) is 29.6 Å². The van der Waals surface area contributed by atoms with Gasteiger partial charge in [-0.15, -0.1) is 0 Å². The molecule has 0 aliphatic carbocycles. The van der Waals surface area contributed by atoms with E-state index in [1.165, 1.54) is 0 Å². The summed E-state index contributed by atoms with van der Waals surface area (Å²) in [5, 5.41) is 20.8. The van der Waals surface area contributed by atoms with Crippen molar-refractivity contribution in [2.75, 3.05) is 5.43 Å². The maximum atomic E-state index is 8.55. The summed E-state index contributed by atoms with van der Waals surface area (Å²) >= 11 is 1.14. The number of fused-ring (bicyclic) bond motifs is 1. The van der Waals surface area contributed by atoms with Gasteiger partial charge in [0, 0.05) is 0 Å². The number of aryl methyl sites for hydroxylation is 1. The van der Waals surface area contributed by atoms with Crippen molar-refractivity contribution in [2.24, 2.45) is 5.10 Å². The Morgan fingerprint density at radius 2 is 1.94 bits per heavy atom. The molecule has 0 aliphatic rings. The summed E-state index contributed by atoms with van der Waals surface area (Å²) in [5.41, 5.74) is 5.66. The lowest BCUT2D eigenvalue weighted by molar-refractivity contribution is 1.31. The fourth-order valence-corrected chi connectivity index (χ4v) is 1.76. The zero-order valence-corrected chi connectivity index (χ0v) is 9.62. The van der Waals surface area contributed by atoms with E-state index in [-0.39, 0.29) is 5.71 Å². The smallest absolute Gasteiger partial charge is 0.237 e. The third-order valence-corrected chi connectivity index (χ3v) is 2.66. The molecule has 82 valence electrons. The molecule has 0 bridgehead atoms. The first-order chi connectivity index (χ1) is 8.24. The molecule has 2 aromatic rings. The normalized spacial score (nSPS) is 9.35. The molecular formula is C10H6N6S. The molecule has 0 radical (unpaired) electrons. The first-order valence-electron chi connectivity index (χ1n) is 4.61. The van der Waals surface area contributed by atoms with Gasteiger partial charge in [-0.25, -0.2) is 0 Å². The topological polar surface area (TPSA) is 97.8 Å². The Labute approximate surface area is 101 Å². The van der Waals surface area contributed by atoms with E-state index < -0.39 is 0 Å². The van der Waals surface area contributed by atoms with E-state index in [0.717, 1.165) is 28.3 Å². The van der Waals surface area contributed by atoms with Crippen molar-refractivity contribution in [1.82, 2.24) is 8.75 Å². The standard InChI is InChI=1S/C10H6N6S/c1-6-2-9-10(16-17-15-9)3-8(6)14-13-7(4-11)5-12/h2-3,14H,1H3. The largest absolute Gasteiger partial charge is 0.276 e. The van der Waals surface area contributed by atoms with Crippen LogP contribution in [0.5, 0.6) is 0 Å². The number of rotatable bonds is 2. The summed E-state index contributed by atoms with van der Waals surface area (Å²) in [6, 6.07) is 7.00. The molecule has 0 aliphatic heterocycles. The molecule has 6 nitrogen and oxygen atoms in total. The quantitative estimate of drug-likeness (QED) is 0.639. The van der Waals surface area contributed by atoms with Gasteiger partial charge in [-0.3, -0.25) is 5.43 Å². The Bertz CT molecular complexity index is 656. The van der Waals surface area contributed by atoms with Crippen molar-refractivity contribution >= 4 is 34.2 Å². The van der Waals surface area contributed by atoms with Gasteiger partial charge in [0.25, 0.3) is 0 Å². The molecule has 0 amide bonds. The first-order valence-corrected chi connectivity index (χ1v) is 5.34. The second-order valence-electron chi connectivity index (χ2n) is 3.22. The van der Waals surface area contributed by atoms with Crippen molar-refractivity contribution in [3.63, 3.8) is 0 Å². The van der Waals surface area contributed by atoms with Gasteiger partial charge in [0.15, 0.2) is 0 Å². The van der Waals surface area contributed by atoms with Crippen LogP contribution >= 0.6 is 11.7 Å². The van der Waals surface area contributed by atoms with E-state index in [2.05, 4.69) is 19.3 Å². The Kier molecular flexibility index (Phi) is 2.95. The number of hydrazone groups is 1. The Balaban J connectivity index is 2.37. The van der Waals surface area contributed by atoms with Crippen molar-refractivity contribution in [3.8, 4) is 12.1 Å². The second-order valence-corrected chi connectivity index (χ2v) is 3.74. The molecule has 0 atom stereocenters. The van der Waals surface area contributed by atoms with Crippen LogP contribution in [-0.2, 0) is 0 Å². The summed E-state index contributed by atoms with van der Waals surface area (Å²) in [4.78, 5) is 0. The van der Waals surface area contributed by atoms with Crippen LogP contribution in [0.1, 0.15) is 5.56 Å². The number of nitrogens with zero attached hydrogens (tertiary/aromatic N) is 5. The SMILES string of the molecule is Cc1cc2nsnc2cc1NN=C(C#N)C#N.